The number of nitrogens with two attached hydrogens (primary N) is 1. The van der Waals surface area contributed by atoms with E-state index in [1.165, 1.54) is 0 Å². The van der Waals surface area contributed by atoms with E-state index < -0.39 is 0 Å². The van der Waals surface area contributed by atoms with E-state index in [1.807, 2.05) is 6.07 Å². The predicted molar refractivity (Wildman–Crippen MR) is 99.8 cm³/mol. The molecule has 134 valence electrons. The molecule has 25 heavy (non-hydrogen) atoms. The maximum absolute atomic E-state index is 11.2. The predicted octanol–water partition coefficient (Wildman–Crippen LogP) is 2.80. The third kappa shape index (κ3) is 3.66. The van der Waals surface area contributed by atoms with Crippen LogP contribution in [0, 0.1) is 17.0 Å². The van der Waals surface area contributed by atoms with Gasteiger partial charge in [0.15, 0.2) is 0 Å². The molecule has 3 rings (SSSR count). The van der Waals surface area contributed by atoms with Crippen molar-refractivity contribution in [2.75, 3.05) is 24.7 Å². The van der Waals surface area contributed by atoms with E-state index in [1.54, 1.807) is 19.1 Å². The minimum atomic E-state index is -0.327. The zero-order chi connectivity index (χ0) is 18.0. The van der Waals surface area contributed by atoms with Gasteiger partial charge in [0.2, 0.25) is 0 Å². The van der Waals surface area contributed by atoms with Crippen LogP contribution in [0.1, 0.15) is 31.7 Å². The molecule has 2 aliphatic rings. The average Bonchev–Trinajstić information content (AvgIpc) is 3.02. The van der Waals surface area contributed by atoms with Gasteiger partial charge in [0.1, 0.15) is 12.5 Å². The summed E-state index contributed by atoms with van der Waals surface area (Å²) in [6.07, 6.45) is 5.00. The number of aryl methyl sites for hydroxylation is 1. The number of anilines is 1. The molecule has 7 heteroatoms. The lowest BCUT2D eigenvalue weighted by atomic mass is 10.1. The van der Waals surface area contributed by atoms with Gasteiger partial charge >= 0.3 is 0 Å². The summed E-state index contributed by atoms with van der Waals surface area (Å²) in [6.45, 7) is 6.14. The highest BCUT2D eigenvalue weighted by Gasteiger charge is 2.25. The normalized spacial score (nSPS) is 20.5. The maximum Gasteiger partial charge on any atom is 0.274 e. The number of aliphatic imine (C=N–C) groups is 1. The van der Waals surface area contributed by atoms with E-state index in [-0.39, 0.29) is 16.7 Å². The van der Waals surface area contributed by atoms with Crippen molar-refractivity contribution in [1.29, 1.82) is 0 Å². The van der Waals surface area contributed by atoms with Crippen molar-refractivity contribution in [3.8, 4) is 0 Å². The zero-order valence-electron chi connectivity index (χ0n) is 14.8. The smallest absolute Gasteiger partial charge is 0.274 e. The molecule has 0 bridgehead atoms. The minimum Gasteiger partial charge on any atom is -0.355 e. The molecule has 1 aromatic rings. The van der Waals surface area contributed by atoms with Gasteiger partial charge in [-0.15, -0.1) is 0 Å². The summed E-state index contributed by atoms with van der Waals surface area (Å²) in [5, 5.41) is 11.2. The highest BCUT2D eigenvalue weighted by atomic mass is 16.6. The highest BCUT2D eigenvalue weighted by Crippen LogP contribution is 2.30. The molecule has 0 aliphatic carbocycles. The van der Waals surface area contributed by atoms with Crippen LogP contribution in [-0.4, -0.2) is 41.5 Å². The lowest BCUT2D eigenvalue weighted by Crippen LogP contribution is -2.36. The van der Waals surface area contributed by atoms with Crippen molar-refractivity contribution < 1.29 is 4.92 Å². The number of benzene rings is 1. The minimum absolute atomic E-state index is 0.147. The first-order valence-electron chi connectivity index (χ1n) is 8.77. The molecule has 2 heterocycles. The molecule has 2 N–H and O–H groups in total. The first-order chi connectivity index (χ1) is 12.0. The molecule has 0 radical (unpaired) electrons. The van der Waals surface area contributed by atoms with Gasteiger partial charge in [-0.25, -0.2) is 4.99 Å². The van der Waals surface area contributed by atoms with Gasteiger partial charge in [0.05, 0.1) is 4.92 Å². The second-order valence-electron chi connectivity index (χ2n) is 6.69. The Labute approximate surface area is 148 Å². The molecule has 0 amide bonds. The van der Waals surface area contributed by atoms with Gasteiger partial charge in [0.25, 0.3) is 5.69 Å². The fourth-order valence-corrected chi connectivity index (χ4v) is 3.37. The quantitative estimate of drug-likeness (QED) is 0.671. The molecule has 1 aromatic carbocycles. The van der Waals surface area contributed by atoms with Crippen LogP contribution in [0.2, 0.25) is 0 Å². The summed E-state index contributed by atoms with van der Waals surface area (Å²) >= 11 is 0. The van der Waals surface area contributed by atoms with Crippen molar-refractivity contribution >= 4 is 17.2 Å². The van der Waals surface area contributed by atoms with Crippen molar-refractivity contribution in [3.05, 3.63) is 45.6 Å². The molecule has 0 spiro atoms. The topological polar surface area (TPSA) is 88.0 Å². The van der Waals surface area contributed by atoms with Crippen molar-refractivity contribution in [1.82, 2.24) is 4.90 Å². The highest BCUT2D eigenvalue weighted by molar-refractivity contribution is 5.95. The van der Waals surface area contributed by atoms with E-state index in [0.717, 1.165) is 49.6 Å². The van der Waals surface area contributed by atoms with Crippen LogP contribution in [-0.2, 0) is 0 Å². The van der Waals surface area contributed by atoms with Crippen LogP contribution in [0.15, 0.2) is 35.0 Å². The molecule has 0 aromatic heterocycles. The first kappa shape index (κ1) is 17.4. The summed E-state index contributed by atoms with van der Waals surface area (Å²) in [6, 6.07) is 5.59. The number of nitrogens with zero attached hydrogens (tertiary/aromatic N) is 4. The Bertz CT molecular complexity index is 728. The number of amidine groups is 1. The second kappa shape index (κ2) is 7.23. The van der Waals surface area contributed by atoms with Gasteiger partial charge in [0, 0.05) is 42.1 Å². The van der Waals surface area contributed by atoms with Gasteiger partial charge < -0.3 is 15.5 Å². The average molecular weight is 343 g/mol. The molecule has 7 nitrogen and oxygen atoms in total. The number of hydrogen-bond donors (Lipinski definition) is 1. The first-order valence-corrected chi connectivity index (χ1v) is 8.77. The van der Waals surface area contributed by atoms with Crippen LogP contribution in [0.25, 0.3) is 0 Å². The monoisotopic (exact) mass is 343 g/mol. The van der Waals surface area contributed by atoms with E-state index >= 15 is 0 Å². The maximum atomic E-state index is 11.2. The summed E-state index contributed by atoms with van der Waals surface area (Å²) in [5.41, 5.74) is 8.79. The number of likely N-dealkylation sites (tertiary alicyclic amines) is 1. The van der Waals surface area contributed by atoms with Crippen LogP contribution in [0.5, 0.6) is 0 Å². The Morgan fingerprint density at radius 2 is 2.24 bits per heavy atom. The lowest BCUT2D eigenvalue weighted by molar-refractivity contribution is -0.385. The Kier molecular flexibility index (Phi) is 5.03. The number of nitro groups is 1. The second-order valence-corrected chi connectivity index (χ2v) is 6.69. The summed E-state index contributed by atoms with van der Waals surface area (Å²) in [5.74, 6) is 0.981. The van der Waals surface area contributed by atoms with Gasteiger partial charge in [-0.05, 0) is 31.9 Å². The number of rotatable bonds is 4. The molecule has 0 unspecified atom stereocenters. The van der Waals surface area contributed by atoms with Crippen LogP contribution in [0.4, 0.5) is 11.4 Å². The fourth-order valence-electron chi connectivity index (χ4n) is 3.37. The molecule has 1 fully saturated rings. The van der Waals surface area contributed by atoms with Gasteiger partial charge in [-0.2, -0.15) is 0 Å². The Morgan fingerprint density at radius 3 is 2.88 bits per heavy atom. The number of allylic oxidation sites excluding steroid dienone is 1. The van der Waals surface area contributed by atoms with Crippen LogP contribution in [0.3, 0.4) is 0 Å². The van der Waals surface area contributed by atoms with Crippen molar-refractivity contribution in [2.45, 2.75) is 39.2 Å². The van der Waals surface area contributed by atoms with Crippen LogP contribution >= 0.6 is 0 Å². The van der Waals surface area contributed by atoms with Gasteiger partial charge in [-0.1, -0.05) is 19.4 Å². The largest absolute Gasteiger partial charge is 0.355 e. The van der Waals surface area contributed by atoms with Crippen molar-refractivity contribution in [2.24, 2.45) is 10.7 Å². The third-order valence-corrected chi connectivity index (χ3v) is 4.77. The zero-order valence-corrected chi connectivity index (χ0v) is 14.8. The van der Waals surface area contributed by atoms with Crippen molar-refractivity contribution in [3.63, 3.8) is 0 Å². The van der Waals surface area contributed by atoms with Crippen LogP contribution < -0.4 is 10.6 Å². The van der Waals surface area contributed by atoms with E-state index in [0.29, 0.717) is 12.2 Å². The van der Waals surface area contributed by atoms with E-state index in [9.17, 15) is 10.1 Å². The number of hydrogen-bond acceptors (Lipinski definition) is 6. The molecule has 1 saturated heterocycles. The molecular weight excluding hydrogens is 318 g/mol. The standard InChI is InChI=1S/C18H25N5O2/c1-3-4-15-10-18(21-8-7-14(19)11-21)20-12-22(15)16-6-5-13(2)17(9-16)23(24)25/h5-6,9-10,14H,3-4,7-8,11-12,19H2,1-2H3/t14-/m0/s1. The lowest BCUT2D eigenvalue weighted by Gasteiger charge is -2.31. The molecule has 1 atom stereocenters. The fraction of sp³-hybridized carbons (Fsp3) is 0.500. The Hall–Kier alpha value is -2.41. The summed E-state index contributed by atoms with van der Waals surface area (Å²) < 4.78 is 0. The van der Waals surface area contributed by atoms with Gasteiger partial charge in [-0.3, -0.25) is 10.1 Å². The Morgan fingerprint density at radius 1 is 1.44 bits per heavy atom. The SMILES string of the molecule is CCCC1=CC(N2CC[C@H](N)C2)=NCN1c1ccc(C)c([N+](=O)[O-])c1. The molecular formula is C18H25N5O2. The third-order valence-electron chi connectivity index (χ3n) is 4.77. The number of nitro benzene ring substituents is 1. The van der Waals surface area contributed by atoms with E-state index in [4.69, 9.17) is 10.7 Å². The Balaban J connectivity index is 1.88. The molecule has 0 saturated carbocycles. The van der Waals surface area contributed by atoms with E-state index in [2.05, 4.69) is 22.8 Å². The summed E-state index contributed by atoms with van der Waals surface area (Å²) in [7, 11) is 0. The summed E-state index contributed by atoms with van der Waals surface area (Å²) in [4.78, 5) is 19.9. The molecule has 2 aliphatic heterocycles.